The molecule has 0 radical (unpaired) electrons. The van der Waals surface area contributed by atoms with Crippen LogP contribution in [0.4, 0.5) is 5.13 Å². The summed E-state index contributed by atoms with van der Waals surface area (Å²) >= 11 is 1.41. The number of nitrogens with one attached hydrogen (secondary N) is 1. The minimum absolute atomic E-state index is 0.203. The van der Waals surface area contributed by atoms with Crippen molar-refractivity contribution in [1.29, 1.82) is 0 Å². The first-order chi connectivity index (χ1) is 12.7. The van der Waals surface area contributed by atoms with Crippen LogP contribution in [0.5, 0.6) is 5.75 Å². The number of carbonyl (C=O) groups is 1. The fourth-order valence-corrected chi connectivity index (χ4v) is 3.01. The smallest absolute Gasteiger partial charge is 0.250 e. The Morgan fingerprint density at radius 1 is 1.15 bits per heavy atom. The Hall–Kier alpha value is -2.92. The molecular weight excluding hydrogens is 344 g/mol. The normalized spacial score (nSPS) is 10.8. The zero-order valence-corrected chi connectivity index (χ0v) is 15.3. The number of carbonyl (C=O) groups excluding carboxylic acids is 1. The summed E-state index contributed by atoms with van der Waals surface area (Å²) in [5, 5.41) is 5.32. The molecule has 0 unspecified atom stereocenters. The van der Waals surface area contributed by atoms with Crippen molar-refractivity contribution in [2.45, 2.75) is 13.3 Å². The molecule has 1 N–H and O–H groups in total. The number of benzene rings is 2. The summed E-state index contributed by atoms with van der Waals surface area (Å²) < 4.78 is 5.54. The van der Waals surface area contributed by atoms with Gasteiger partial charge in [-0.2, -0.15) is 0 Å². The van der Waals surface area contributed by atoms with Crippen molar-refractivity contribution >= 4 is 28.5 Å². The number of hydrogen-bond donors (Lipinski definition) is 1. The number of rotatable bonds is 7. The first-order valence-electron chi connectivity index (χ1n) is 8.47. The SMILES string of the molecule is CCCOc1ccc(C=CC(=O)Nc2nc(-c3ccccc3)cs2)cc1. The fraction of sp³-hybridized carbons (Fsp3) is 0.143. The second-order valence-electron chi connectivity index (χ2n) is 5.64. The van der Waals surface area contributed by atoms with Gasteiger partial charge in [-0.25, -0.2) is 4.98 Å². The summed E-state index contributed by atoms with van der Waals surface area (Å²) in [5.41, 5.74) is 2.83. The standard InChI is InChI=1S/C21H20N2O2S/c1-2-14-25-18-11-8-16(9-12-18)10-13-20(24)23-21-22-19(15-26-21)17-6-4-3-5-7-17/h3-13,15H,2,14H2,1H3,(H,22,23,24). The maximum absolute atomic E-state index is 12.1. The highest BCUT2D eigenvalue weighted by atomic mass is 32.1. The molecular formula is C21H20N2O2S. The number of nitrogens with zero attached hydrogens (tertiary/aromatic N) is 1. The Kier molecular flexibility index (Phi) is 6.17. The lowest BCUT2D eigenvalue weighted by Crippen LogP contribution is -2.07. The molecule has 0 bridgehead atoms. The molecule has 3 aromatic rings. The molecule has 0 aliphatic heterocycles. The molecule has 2 aromatic carbocycles. The topological polar surface area (TPSA) is 51.2 Å². The van der Waals surface area contributed by atoms with Gasteiger partial charge in [0.2, 0.25) is 5.91 Å². The van der Waals surface area contributed by atoms with E-state index in [4.69, 9.17) is 4.74 Å². The van der Waals surface area contributed by atoms with Gasteiger partial charge >= 0.3 is 0 Å². The lowest BCUT2D eigenvalue weighted by atomic mass is 10.2. The van der Waals surface area contributed by atoms with Crippen LogP contribution in [0.2, 0.25) is 0 Å². The van der Waals surface area contributed by atoms with Gasteiger partial charge in [-0.3, -0.25) is 10.1 Å². The van der Waals surface area contributed by atoms with Gasteiger partial charge in [-0.05, 0) is 30.2 Å². The summed E-state index contributed by atoms with van der Waals surface area (Å²) in [6.07, 6.45) is 4.25. The van der Waals surface area contributed by atoms with E-state index < -0.39 is 0 Å². The number of hydrogen-bond acceptors (Lipinski definition) is 4. The fourth-order valence-electron chi connectivity index (χ4n) is 2.29. The summed E-state index contributed by atoms with van der Waals surface area (Å²) in [6, 6.07) is 17.5. The largest absolute Gasteiger partial charge is 0.494 e. The Labute approximate surface area is 157 Å². The van der Waals surface area contributed by atoms with Crippen molar-refractivity contribution < 1.29 is 9.53 Å². The lowest BCUT2D eigenvalue weighted by molar-refractivity contribution is -0.111. The summed E-state index contributed by atoms with van der Waals surface area (Å²) in [5.74, 6) is 0.634. The van der Waals surface area contributed by atoms with Crippen LogP contribution in [0.25, 0.3) is 17.3 Å². The maximum Gasteiger partial charge on any atom is 0.250 e. The highest BCUT2D eigenvalue weighted by Gasteiger charge is 2.06. The van der Waals surface area contributed by atoms with E-state index in [1.807, 2.05) is 60.0 Å². The van der Waals surface area contributed by atoms with Crippen LogP contribution >= 0.6 is 11.3 Å². The summed E-state index contributed by atoms with van der Waals surface area (Å²) in [7, 11) is 0. The number of thiazole rings is 1. The molecule has 3 rings (SSSR count). The van der Waals surface area contributed by atoms with E-state index in [1.54, 1.807) is 6.08 Å². The van der Waals surface area contributed by atoms with E-state index in [-0.39, 0.29) is 5.91 Å². The average molecular weight is 364 g/mol. The zero-order valence-electron chi connectivity index (χ0n) is 14.5. The monoisotopic (exact) mass is 364 g/mol. The van der Waals surface area contributed by atoms with Gasteiger partial charge in [0, 0.05) is 17.0 Å². The molecule has 26 heavy (non-hydrogen) atoms. The van der Waals surface area contributed by atoms with Crippen molar-refractivity contribution in [3.63, 3.8) is 0 Å². The zero-order chi connectivity index (χ0) is 18.2. The first-order valence-corrected chi connectivity index (χ1v) is 9.35. The number of ether oxygens (including phenoxy) is 1. The van der Waals surface area contributed by atoms with Gasteiger partial charge in [0.25, 0.3) is 0 Å². The second-order valence-corrected chi connectivity index (χ2v) is 6.50. The third-order valence-electron chi connectivity index (χ3n) is 3.58. The third-order valence-corrected chi connectivity index (χ3v) is 4.34. The molecule has 0 atom stereocenters. The molecule has 5 heteroatoms. The van der Waals surface area contributed by atoms with E-state index in [1.165, 1.54) is 17.4 Å². The van der Waals surface area contributed by atoms with Gasteiger partial charge < -0.3 is 4.74 Å². The molecule has 0 aliphatic rings. The molecule has 132 valence electrons. The third kappa shape index (κ3) is 5.04. The van der Waals surface area contributed by atoms with Crippen LogP contribution in [-0.2, 0) is 4.79 Å². The molecule has 1 heterocycles. The highest BCUT2D eigenvalue weighted by molar-refractivity contribution is 7.14. The molecule has 0 fully saturated rings. The molecule has 1 amide bonds. The Morgan fingerprint density at radius 2 is 1.92 bits per heavy atom. The predicted octanol–water partition coefficient (Wildman–Crippen LogP) is 5.25. The molecule has 0 saturated heterocycles. The quantitative estimate of drug-likeness (QED) is 0.583. The van der Waals surface area contributed by atoms with Crippen LogP contribution in [0.1, 0.15) is 18.9 Å². The maximum atomic E-state index is 12.1. The van der Waals surface area contributed by atoms with Crippen molar-refractivity contribution in [1.82, 2.24) is 4.98 Å². The molecule has 0 aliphatic carbocycles. The van der Waals surface area contributed by atoms with Gasteiger partial charge in [0.15, 0.2) is 5.13 Å². The molecule has 0 saturated carbocycles. The van der Waals surface area contributed by atoms with E-state index in [9.17, 15) is 4.79 Å². The number of aromatic nitrogens is 1. The van der Waals surface area contributed by atoms with Crippen molar-refractivity contribution in [3.05, 3.63) is 71.6 Å². The van der Waals surface area contributed by atoms with E-state index in [0.717, 1.165) is 29.0 Å². The van der Waals surface area contributed by atoms with Crippen LogP contribution in [0.3, 0.4) is 0 Å². The van der Waals surface area contributed by atoms with Crippen LogP contribution in [0.15, 0.2) is 66.1 Å². The molecule has 1 aromatic heterocycles. The van der Waals surface area contributed by atoms with E-state index in [2.05, 4.69) is 17.2 Å². The van der Waals surface area contributed by atoms with Gasteiger partial charge in [0.05, 0.1) is 12.3 Å². The Morgan fingerprint density at radius 3 is 2.65 bits per heavy atom. The number of anilines is 1. The molecule has 4 nitrogen and oxygen atoms in total. The Bertz CT molecular complexity index is 871. The minimum atomic E-state index is -0.203. The minimum Gasteiger partial charge on any atom is -0.494 e. The van der Waals surface area contributed by atoms with Gasteiger partial charge in [0.1, 0.15) is 5.75 Å². The van der Waals surface area contributed by atoms with Crippen molar-refractivity contribution in [2.24, 2.45) is 0 Å². The van der Waals surface area contributed by atoms with Crippen molar-refractivity contribution in [3.8, 4) is 17.0 Å². The van der Waals surface area contributed by atoms with Crippen LogP contribution < -0.4 is 10.1 Å². The van der Waals surface area contributed by atoms with E-state index >= 15 is 0 Å². The van der Waals surface area contributed by atoms with Gasteiger partial charge in [-0.1, -0.05) is 49.4 Å². The van der Waals surface area contributed by atoms with E-state index in [0.29, 0.717) is 11.7 Å². The van der Waals surface area contributed by atoms with Crippen LogP contribution in [-0.4, -0.2) is 17.5 Å². The lowest BCUT2D eigenvalue weighted by Gasteiger charge is -2.04. The van der Waals surface area contributed by atoms with Crippen LogP contribution in [0, 0.1) is 0 Å². The summed E-state index contributed by atoms with van der Waals surface area (Å²) in [6.45, 7) is 2.78. The highest BCUT2D eigenvalue weighted by Crippen LogP contribution is 2.24. The Balaban J connectivity index is 1.57. The number of amides is 1. The van der Waals surface area contributed by atoms with Crippen molar-refractivity contribution in [2.75, 3.05) is 11.9 Å². The molecule has 0 spiro atoms. The van der Waals surface area contributed by atoms with Gasteiger partial charge in [-0.15, -0.1) is 11.3 Å². The average Bonchev–Trinajstić information content (AvgIpc) is 3.14. The second kappa shape index (κ2) is 8.97. The summed E-state index contributed by atoms with van der Waals surface area (Å²) in [4.78, 5) is 16.5. The first kappa shape index (κ1) is 17.9. The predicted molar refractivity (Wildman–Crippen MR) is 107 cm³/mol.